The summed E-state index contributed by atoms with van der Waals surface area (Å²) < 4.78 is 0. The van der Waals surface area contributed by atoms with E-state index in [1.807, 2.05) is 24.3 Å². The van der Waals surface area contributed by atoms with Crippen LogP contribution in [0, 0.1) is 0 Å². The van der Waals surface area contributed by atoms with Crippen LogP contribution in [-0.4, -0.2) is 30.4 Å². The second-order valence-corrected chi connectivity index (χ2v) is 5.68. The maximum Gasteiger partial charge on any atom is 0.221 e. The van der Waals surface area contributed by atoms with Crippen molar-refractivity contribution in [1.82, 2.24) is 4.90 Å². The van der Waals surface area contributed by atoms with Gasteiger partial charge in [-0.05, 0) is 29.7 Å². The van der Waals surface area contributed by atoms with E-state index >= 15 is 0 Å². The third-order valence-electron chi connectivity index (χ3n) is 3.66. The number of nitrogens with one attached hydrogen (secondary N) is 1. The lowest BCUT2D eigenvalue weighted by Gasteiger charge is -2.22. The molecule has 0 aliphatic rings. The van der Waals surface area contributed by atoms with Gasteiger partial charge in [0.05, 0.1) is 0 Å². The Hall–Kier alpha value is -2.17. The summed E-state index contributed by atoms with van der Waals surface area (Å²) in [6, 6.07) is 18.5. The van der Waals surface area contributed by atoms with Crippen molar-refractivity contribution in [2.75, 3.05) is 25.0 Å². The zero-order chi connectivity index (χ0) is 16.5. The summed E-state index contributed by atoms with van der Waals surface area (Å²) in [6.07, 6.45) is 1.01. The normalized spacial score (nSPS) is 10.7. The Kier molecular flexibility index (Phi) is 6.78. The van der Waals surface area contributed by atoms with Crippen LogP contribution in [0.25, 0.3) is 0 Å². The van der Waals surface area contributed by atoms with Crippen molar-refractivity contribution in [3.05, 3.63) is 65.7 Å². The number of carbonyl (C=O) groups excluding carboxylic acids is 1. The lowest BCUT2D eigenvalue weighted by Crippen LogP contribution is -2.31. The van der Waals surface area contributed by atoms with Crippen molar-refractivity contribution >= 4 is 11.6 Å². The lowest BCUT2D eigenvalue weighted by atomic mass is 10.1. The highest BCUT2D eigenvalue weighted by atomic mass is 16.1. The van der Waals surface area contributed by atoms with Gasteiger partial charge < -0.3 is 11.1 Å². The molecular weight excluding hydrogens is 286 g/mol. The molecule has 2 aromatic rings. The van der Waals surface area contributed by atoms with E-state index in [2.05, 4.69) is 40.5 Å². The Bertz CT molecular complexity index is 613. The highest BCUT2D eigenvalue weighted by Gasteiger charge is 2.07. The second-order valence-electron chi connectivity index (χ2n) is 5.68. The van der Waals surface area contributed by atoms with Crippen LogP contribution in [0.4, 0.5) is 5.69 Å². The first kappa shape index (κ1) is 17.2. The molecule has 4 heteroatoms. The van der Waals surface area contributed by atoms with Crippen molar-refractivity contribution < 1.29 is 4.79 Å². The fraction of sp³-hybridized carbons (Fsp3) is 0.316. The number of rotatable bonds is 8. The molecule has 0 aliphatic carbocycles. The first-order chi connectivity index (χ1) is 11.2. The van der Waals surface area contributed by atoms with Gasteiger partial charge in [-0.25, -0.2) is 0 Å². The van der Waals surface area contributed by atoms with E-state index in [1.54, 1.807) is 0 Å². The fourth-order valence-electron chi connectivity index (χ4n) is 2.59. The van der Waals surface area contributed by atoms with Gasteiger partial charge >= 0.3 is 0 Å². The molecule has 23 heavy (non-hydrogen) atoms. The molecule has 122 valence electrons. The molecule has 3 N–H and O–H groups in total. The molecule has 0 radical (unpaired) electrons. The topological polar surface area (TPSA) is 58.4 Å². The smallest absolute Gasteiger partial charge is 0.221 e. The Morgan fingerprint density at radius 1 is 1.04 bits per heavy atom. The van der Waals surface area contributed by atoms with Crippen LogP contribution in [0.15, 0.2) is 54.6 Å². The predicted molar refractivity (Wildman–Crippen MR) is 95.2 cm³/mol. The fourth-order valence-corrected chi connectivity index (χ4v) is 2.59. The van der Waals surface area contributed by atoms with Crippen LogP contribution in [0.3, 0.4) is 0 Å². The molecule has 0 saturated heterocycles. The van der Waals surface area contributed by atoms with E-state index < -0.39 is 0 Å². The van der Waals surface area contributed by atoms with Crippen LogP contribution in [-0.2, 0) is 17.8 Å². The molecule has 0 aromatic heterocycles. The highest BCUT2D eigenvalue weighted by molar-refractivity contribution is 5.88. The monoisotopic (exact) mass is 311 g/mol. The maximum atomic E-state index is 11.2. The van der Waals surface area contributed by atoms with Gasteiger partial charge in [-0.1, -0.05) is 42.5 Å². The standard InChI is InChI=1S/C19H25N3O/c1-16(23)21-19-9-5-8-18(14-19)15-22(13-11-20)12-10-17-6-3-2-4-7-17/h2-9,14H,10-13,15,20H2,1H3,(H,21,23). The second kappa shape index (κ2) is 9.08. The van der Waals surface area contributed by atoms with Gasteiger partial charge in [0, 0.05) is 38.8 Å². The zero-order valence-electron chi connectivity index (χ0n) is 13.7. The quantitative estimate of drug-likeness (QED) is 0.788. The highest BCUT2D eigenvalue weighted by Crippen LogP contribution is 2.13. The molecule has 4 nitrogen and oxygen atoms in total. The van der Waals surface area contributed by atoms with Gasteiger partial charge in [0.2, 0.25) is 5.91 Å². The van der Waals surface area contributed by atoms with Crippen LogP contribution in [0.2, 0.25) is 0 Å². The third kappa shape index (κ3) is 6.22. The summed E-state index contributed by atoms with van der Waals surface area (Å²) in [6.45, 7) is 4.81. The van der Waals surface area contributed by atoms with Crippen molar-refractivity contribution in [3.63, 3.8) is 0 Å². The summed E-state index contributed by atoms with van der Waals surface area (Å²) in [5.41, 5.74) is 9.10. The van der Waals surface area contributed by atoms with Crippen LogP contribution < -0.4 is 11.1 Å². The lowest BCUT2D eigenvalue weighted by molar-refractivity contribution is -0.114. The number of nitrogens with zero attached hydrogens (tertiary/aromatic N) is 1. The van der Waals surface area contributed by atoms with E-state index in [-0.39, 0.29) is 5.91 Å². The molecule has 0 saturated carbocycles. The van der Waals surface area contributed by atoms with Crippen molar-refractivity contribution in [2.45, 2.75) is 19.9 Å². The molecule has 1 amide bonds. The average Bonchev–Trinajstić information content (AvgIpc) is 2.53. The average molecular weight is 311 g/mol. The maximum absolute atomic E-state index is 11.2. The third-order valence-corrected chi connectivity index (χ3v) is 3.66. The molecule has 2 aromatic carbocycles. The number of amides is 1. The van der Waals surface area contributed by atoms with Gasteiger partial charge in [0.25, 0.3) is 0 Å². The Labute approximate surface area is 138 Å². The first-order valence-electron chi connectivity index (χ1n) is 8.00. The van der Waals surface area contributed by atoms with Gasteiger partial charge in [0.15, 0.2) is 0 Å². The number of anilines is 1. The minimum Gasteiger partial charge on any atom is -0.329 e. The van der Waals surface area contributed by atoms with Crippen molar-refractivity contribution in [3.8, 4) is 0 Å². The van der Waals surface area contributed by atoms with Gasteiger partial charge in [-0.3, -0.25) is 9.69 Å². The van der Waals surface area contributed by atoms with Crippen LogP contribution >= 0.6 is 0 Å². The van der Waals surface area contributed by atoms with E-state index in [0.717, 1.165) is 31.7 Å². The Morgan fingerprint density at radius 3 is 2.48 bits per heavy atom. The summed E-state index contributed by atoms with van der Waals surface area (Å²) in [5.74, 6) is -0.0509. The number of benzene rings is 2. The summed E-state index contributed by atoms with van der Waals surface area (Å²) in [7, 11) is 0. The molecule has 0 unspecified atom stereocenters. The number of nitrogens with two attached hydrogens (primary N) is 1. The number of hydrogen-bond donors (Lipinski definition) is 2. The van der Waals surface area contributed by atoms with E-state index in [4.69, 9.17) is 5.73 Å². The van der Waals surface area contributed by atoms with Crippen LogP contribution in [0.1, 0.15) is 18.1 Å². The zero-order valence-corrected chi connectivity index (χ0v) is 13.7. The number of hydrogen-bond acceptors (Lipinski definition) is 3. The SMILES string of the molecule is CC(=O)Nc1cccc(CN(CCN)CCc2ccccc2)c1. The minimum atomic E-state index is -0.0509. The van der Waals surface area contributed by atoms with Gasteiger partial charge in [0.1, 0.15) is 0 Å². The molecular formula is C19H25N3O. The Balaban J connectivity index is 1.97. The molecule has 0 spiro atoms. The molecule has 0 atom stereocenters. The van der Waals surface area contributed by atoms with Gasteiger partial charge in [-0.2, -0.15) is 0 Å². The predicted octanol–water partition coefficient (Wildman–Crippen LogP) is 2.65. The Morgan fingerprint density at radius 2 is 1.78 bits per heavy atom. The molecule has 0 heterocycles. The summed E-state index contributed by atoms with van der Waals surface area (Å²) in [4.78, 5) is 13.5. The van der Waals surface area contributed by atoms with Crippen molar-refractivity contribution in [2.24, 2.45) is 5.73 Å². The minimum absolute atomic E-state index is 0.0509. The summed E-state index contributed by atoms with van der Waals surface area (Å²) in [5, 5.41) is 2.83. The van der Waals surface area contributed by atoms with E-state index in [1.165, 1.54) is 18.1 Å². The number of carbonyl (C=O) groups is 1. The van der Waals surface area contributed by atoms with Crippen LogP contribution in [0.5, 0.6) is 0 Å². The van der Waals surface area contributed by atoms with E-state index in [9.17, 15) is 4.79 Å². The molecule has 0 bridgehead atoms. The van der Waals surface area contributed by atoms with Crippen molar-refractivity contribution in [1.29, 1.82) is 0 Å². The molecule has 0 fully saturated rings. The van der Waals surface area contributed by atoms with Gasteiger partial charge in [-0.15, -0.1) is 0 Å². The van der Waals surface area contributed by atoms with E-state index in [0.29, 0.717) is 6.54 Å². The summed E-state index contributed by atoms with van der Waals surface area (Å²) >= 11 is 0. The largest absolute Gasteiger partial charge is 0.329 e. The molecule has 0 aliphatic heterocycles. The first-order valence-corrected chi connectivity index (χ1v) is 8.00. The molecule has 2 rings (SSSR count).